The summed E-state index contributed by atoms with van der Waals surface area (Å²) >= 11 is 0. The third-order valence-corrected chi connectivity index (χ3v) is 15.0. The van der Waals surface area contributed by atoms with E-state index in [1.54, 1.807) is 14.0 Å². The van der Waals surface area contributed by atoms with Gasteiger partial charge in [0.2, 0.25) is 0 Å². The van der Waals surface area contributed by atoms with Gasteiger partial charge in [0.25, 0.3) is 0 Å². The third-order valence-electron chi connectivity index (χ3n) is 15.0. The van der Waals surface area contributed by atoms with E-state index in [1.807, 2.05) is 0 Å². The molecule has 12 fully saturated rings. The van der Waals surface area contributed by atoms with E-state index >= 15 is 0 Å². The molecule has 12 aliphatic rings. The summed E-state index contributed by atoms with van der Waals surface area (Å²) in [7, 11) is 1.76. The fraction of sp³-hybridized carbons (Fsp3) is 0.838. The lowest BCUT2D eigenvalue weighted by Crippen LogP contribution is -2.62. The Kier molecular flexibility index (Phi) is 6.18. The normalized spacial score (nSPS) is 51.1. The molecule has 2 aliphatic heterocycles. The minimum atomic E-state index is -1.21. The van der Waals surface area contributed by atoms with Gasteiger partial charge in [-0.1, -0.05) is 0 Å². The van der Waals surface area contributed by atoms with Crippen LogP contribution in [0.5, 0.6) is 0 Å². The first-order chi connectivity index (χ1) is 22.2. The maximum Gasteiger partial charge on any atom is 0.319 e. The highest BCUT2D eigenvalue weighted by Crippen LogP contribution is 2.67. The van der Waals surface area contributed by atoms with Gasteiger partial charge in [0.1, 0.15) is 23.3 Å². The number of esters is 4. The standard InChI is InChI=1S/C37H46O10/c1-20(38)33-10-23-8-32(17-33,9-24(11-33)28(23)40)16-27(39)46-30(42)34-12-25-13-35(18-34,15-26(14-34)45-29(25)41)31(43)47-37-6-21-3-22(7-37)5-36(4-21,19-37)44-2/h21-26H,3-19H2,1-2H3. The molecule has 2 saturated heterocycles. The van der Waals surface area contributed by atoms with Crippen molar-refractivity contribution in [2.75, 3.05) is 7.11 Å². The topological polar surface area (TPSA) is 139 Å². The Hall–Kier alpha value is -2.62. The van der Waals surface area contributed by atoms with Crippen molar-refractivity contribution in [3.05, 3.63) is 0 Å². The lowest BCUT2D eigenvalue weighted by molar-refractivity contribution is -0.237. The highest BCUT2D eigenvalue weighted by atomic mass is 16.6. The highest BCUT2D eigenvalue weighted by Gasteiger charge is 2.68. The van der Waals surface area contributed by atoms with Crippen LogP contribution in [0.15, 0.2) is 0 Å². The molecule has 0 aromatic carbocycles. The molecule has 0 spiro atoms. The zero-order valence-corrected chi connectivity index (χ0v) is 27.6. The van der Waals surface area contributed by atoms with Gasteiger partial charge in [-0.05, 0) is 108 Å². The van der Waals surface area contributed by atoms with E-state index in [2.05, 4.69) is 0 Å². The van der Waals surface area contributed by atoms with E-state index in [1.165, 1.54) is 0 Å². The van der Waals surface area contributed by atoms with Gasteiger partial charge in [-0.15, -0.1) is 0 Å². The summed E-state index contributed by atoms with van der Waals surface area (Å²) in [4.78, 5) is 81.1. The van der Waals surface area contributed by atoms with E-state index < -0.39 is 57.2 Å². The van der Waals surface area contributed by atoms with Crippen LogP contribution >= 0.6 is 0 Å². The number of carbonyl (C=O) groups excluding carboxylic acids is 6. The first kappa shape index (κ1) is 30.4. The van der Waals surface area contributed by atoms with E-state index in [-0.39, 0.29) is 67.1 Å². The van der Waals surface area contributed by atoms with Crippen LogP contribution in [0.4, 0.5) is 0 Å². The van der Waals surface area contributed by atoms with Gasteiger partial charge in [-0.2, -0.15) is 0 Å². The minimum absolute atomic E-state index is 0.0221. The quantitative estimate of drug-likeness (QED) is 0.219. The molecular formula is C37H46O10. The Morgan fingerprint density at radius 2 is 1.30 bits per heavy atom. The van der Waals surface area contributed by atoms with Gasteiger partial charge in [0.15, 0.2) is 0 Å². The molecule has 2 heterocycles. The molecule has 10 aliphatic carbocycles. The van der Waals surface area contributed by atoms with E-state index in [0.717, 1.165) is 32.1 Å². The molecule has 0 aromatic rings. The predicted molar refractivity (Wildman–Crippen MR) is 161 cm³/mol. The van der Waals surface area contributed by atoms with Crippen LogP contribution in [0.2, 0.25) is 0 Å². The van der Waals surface area contributed by atoms with Gasteiger partial charge in [0, 0.05) is 43.6 Å². The summed E-state index contributed by atoms with van der Waals surface area (Å²) in [6.07, 6.45) is 8.68. The summed E-state index contributed by atoms with van der Waals surface area (Å²) in [5.74, 6) is -2.00. The molecule has 0 amide bonds. The van der Waals surface area contributed by atoms with Crippen LogP contribution in [0.25, 0.3) is 0 Å². The Morgan fingerprint density at radius 1 is 0.702 bits per heavy atom. The number of hydrogen-bond donors (Lipinski definition) is 0. The molecule has 10 nitrogen and oxygen atoms in total. The van der Waals surface area contributed by atoms with Crippen molar-refractivity contribution >= 4 is 35.4 Å². The molecule has 10 saturated carbocycles. The molecule has 0 N–H and O–H groups in total. The number of ketones is 2. The van der Waals surface area contributed by atoms with Gasteiger partial charge in [-0.3, -0.25) is 28.8 Å². The molecule has 254 valence electrons. The second-order valence-corrected chi connectivity index (χ2v) is 18.3. The minimum Gasteiger partial charge on any atom is -0.462 e. The van der Waals surface area contributed by atoms with Crippen LogP contribution in [-0.4, -0.2) is 59.9 Å². The van der Waals surface area contributed by atoms with Crippen molar-refractivity contribution in [3.63, 3.8) is 0 Å². The van der Waals surface area contributed by atoms with Gasteiger partial charge < -0.3 is 18.9 Å². The zero-order valence-electron chi connectivity index (χ0n) is 27.6. The van der Waals surface area contributed by atoms with Crippen molar-refractivity contribution in [2.45, 2.75) is 133 Å². The van der Waals surface area contributed by atoms with Crippen molar-refractivity contribution in [1.82, 2.24) is 0 Å². The summed E-state index contributed by atoms with van der Waals surface area (Å²) in [6.45, 7) is 1.59. The summed E-state index contributed by atoms with van der Waals surface area (Å²) in [5.41, 5.74) is -4.26. The van der Waals surface area contributed by atoms with Crippen molar-refractivity contribution < 1.29 is 47.7 Å². The van der Waals surface area contributed by atoms with Crippen LogP contribution < -0.4 is 0 Å². The molecule has 8 atom stereocenters. The van der Waals surface area contributed by atoms with E-state index in [9.17, 15) is 28.8 Å². The molecule has 0 radical (unpaired) electrons. The third kappa shape index (κ3) is 4.37. The first-order valence-corrected chi connectivity index (χ1v) is 18.0. The monoisotopic (exact) mass is 650 g/mol. The van der Waals surface area contributed by atoms with Crippen molar-refractivity contribution in [1.29, 1.82) is 0 Å². The van der Waals surface area contributed by atoms with Gasteiger partial charge in [0.05, 0.1) is 28.8 Å². The average molecular weight is 651 g/mol. The van der Waals surface area contributed by atoms with Crippen LogP contribution in [0, 0.1) is 51.2 Å². The number of carbonyl (C=O) groups is 6. The lowest BCUT2D eigenvalue weighted by atomic mass is 9.42. The fourth-order valence-electron chi connectivity index (χ4n) is 14.0. The average Bonchev–Trinajstić information content (AvgIpc) is 3.13. The molecule has 8 unspecified atom stereocenters. The summed E-state index contributed by atoms with van der Waals surface area (Å²) < 4.78 is 24.2. The second kappa shape index (κ2) is 9.54. The first-order valence-electron chi connectivity index (χ1n) is 18.0. The summed E-state index contributed by atoms with van der Waals surface area (Å²) in [6, 6.07) is 0. The zero-order chi connectivity index (χ0) is 32.8. The highest BCUT2D eigenvalue weighted by molar-refractivity contribution is 5.94. The number of methoxy groups -OCH3 is 1. The Morgan fingerprint density at radius 3 is 1.91 bits per heavy atom. The van der Waals surface area contributed by atoms with Gasteiger partial charge in [-0.25, -0.2) is 0 Å². The number of hydrogen-bond acceptors (Lipinski definition) is 10. The van der Waals surface area contributed by atoms with Gasteiger partial charge >= 0.3 is 23.9 Å². The van der Waals surface area contributed by atoms with Crippen LogP contribution in [-0.2, 0) is 47.7 Å². The Labute approximate surface area is 274 Å². The van der Waals surface area contributed by atoms with E-state index in [0.29, 0.717) is 56.8 Å². The second-order valence-electron chi connectivity index (χ2n) is 18.3. The predicted octanol–water partition coefficient (Wildman–Crippen LogP) is 4.57. The summed E-state index contributed by atoms with van der Waals surface area (Å²) in [5, 5.41) is 0. The molecule has 12 bridgehead atoms. The fourth-order valence-corrected chi connectivity index (χ4v) is 14.0. The molecule has 10 heteroatoms. The maximum atomic E-state index is 14.4. The van der Waals surface area contributed by atoms with Crippen molar-refractivity contribution in [2.24, 2.45) is 51.2 Å². The van der Waals surface area contributed by atoms with E-state index in [4.69, 9.17) is 18.9 Å². The number of rotatable bonds is 7. The molecule has 0 aromatic heterocycles. The van der Waals surface area contributed by atoms with Crippen LogP contribution in [0.3, 0.4) is 0 Å². The van der Waals surface area contributed by atoms with Crippen molar-refractivity contribution in [3.8, 4) is 0 Å². The maximum absolute atomic E-state index is 14.4. The number of Topliss-reactive ketones (excluding diaryl/α,β-unsaturated/α-hetero) is 2. The largest absolute Gasteiger partial charge is 0.462 e. The number of ether oxygens (including phenoxy) is 4. The Bertz CT molecular complexity index is 1480. The molecule has 47 heavy (non-hydrogen) atoms. The Balaban J connectivity index is 0.951. The molecule has 12 rings (SSSR count). The lowest BCUT2D eigenvalue weighted by Gasteiger charge is -2.61. The molecular weight excluding hydrogens is 604 g/mol. The SMILES string of the molecule is COC12CC3CC(C1)CC(OC(=O)C14CC5CC(C(=O)OC(=O)CC67CC8CC(C(C)=O)(CC(C6)C8=O)C7)(CC(C1)C(=O)O5)C4)(C3)C2. The van der Waals surface area contributed by atoms with Crippen LogP contribution in [0.1, 0.15) is 116 Å². The smallest absolute Gasteiger partial charge is 0.319 e. The number of fused-ring (bicyclic) bond motifs is 1.